The second-order valence-corrected chi connectivity index (χ2v) is 4.11. The van der Waals surface area contributed by atoms with E-state index in [9.17, 15) is 0 Å². The van der Waals surface area contributed by atoms with Gasteiger partial charge in [-0.1, -0.05) is 42.5 Å². The summed E-state index contributed by atoms with van der Waals surface area (Å²) in [4.78, 5) is 4.44. The Bertz CT molecular complexity index is 486. The SMILES string of the molecule is CCNc1ccc(C=NCc2ccccc2)cc1. The normalized spacial score (nSPS) is 10.7. The molecule has 0 heterocycles. The van der Waals surface area contributed by atoms with Gasteiger partial charge in [-0.05, 0) is 30.2 Å². The van der Waals surface area contributed by atoms with Crippen molar-refractivity contribution >= 4 is 11.9 Å². The standard InChI is InChI=1S/C16H18N2/c1-2-18-16-10-8-15(9-11-16)13-17-12-14-6-4-3-5-7-14/h3-11,13,18H,2,12H2,1H3. The molecule has 2 nitrogen and oxygen atoms in total. The first kappa shape index (κ1) is 12.4. The average molecular weight is 238 g/mol. The maximum atomic E-state index is 4.44. The summed E-state index contributed by atoms with van der Waals surface area (Å²) in [5.74, 6) is 0. The van der Waals surface area contributed by atoms with Gasteiger partial charge in [0, 0.05) is 18.4 Å². The Labute approximate surface area is 108 Å². The van der Waals surface area contributed by atoms with Crippen LogP contribution in [0, 0.1) is 0 Å². The Morgan fingerprint density at radius 3 is 2.39 bits per heavy atom. The first-order chi connectivity index (χ1) is 8.88. The smallest absolute Gasteiger partial charge is 0.0639 e. The van der Waals surface area contributed by atoms with E-state index in [1.165, 1.54) is 5.56 Å². The minimum Gasteiger partial charge on any atom is -0.385 e. The van der Waals surface area contributed by atoms with Crippen LogP contribution in [0.2, 0.25) is 0 Å². The summed E-state index contributed by atoms with van der Waals surface area (Å²) >= 11 is 0. The van der Waals surface area contributed by atoms with Crippen molar-refractivity contribution in [1.82, 2.24) is 0 Å². The Morgan fingerprint density at radius 1 is 1.00 bits per heavy atom. The molecule has 2 aromatic carbocycles. The third kappa shape index (κ3) is 3.74. The topological polar surface area (TPSA) is 24.4 Å². The molecule has 92 valence electrons. The van der Waals surface area contributed by atoms with E-state index in [1.54, 1.807) is 0 Å². The predicted molar refractivity (Wildman–Crippen MR) is 78.3 cm³/mol. The lowest BCUT2D eigenvalue weighted by Gasteiger charge is -2.02. The number of nitrogens with one attached hydrogen (secondary N) is 1. The van der Waals surface area contributed by atoms with Crippen LogP contribution in [0.4, 0.5) is 5.69 Å². The second-order valence-electron chi connectivity index (χ2n) is 4.11. The number of rotatable bonds is 5. The van der Waals surface area contributed by atoms with Crippen LogP contribution in [0.5, 0.6) is 0 Å². The van der Waals surface area contributed by atoms with Gasteiger partial charge in [-0.15, -0.1) is 0 Å². The van der Waals surface area contributed by atoms with Crippen molar-refractivity contribution in [3.63, 3.8) is 0 Å². The van der Waals surface area contributed by atoms with Gasteiger partial charge < -0.3 is 5.32 Å². The molecule has 0 radical (unpaired) electrons. The molecule has 0 aliphatic carbocycles. The summed E-state index contributed by atoms with van der Waals surface area (Å²) in [5.41, 5.74) is 3.52. The van der Waals surface area contributed by atoms with E-state index >= 15 is 0 Å². The molecule has 0 aliphatic rings. The first-order valence-electron chi connectivity index (χ1n) is 6.26. The van der Waals surface area contributed by atoms with Crippen molar-refractivity contribution in [2.75, 3.05) is 11.9 Å². The van der Waals surface area contributed by atoms with Crippen molar-refractivity contribution in [2.45, 2.75) is 13.5 Å². The molecule has 2 heteroatoms. The van der Waals surface area contributed by atoms with E-state index in [0.29, 0.717) is 0 Å². The highest BCUT2D eigenvalue weighted by atomic mass is 14.8. The lowest BCUT2D eigenvalue weighted by Crippen LogP contribution is -1.95. The van der Waals surface area contributed by atoms with Crippen molar-refractivity contribution in [3.05, 3.63) is 65.7 Å². The number of nitrogens with zero attached hydrogens (tertiary/aromatic N) is 1. The predicted octanol–water partition coefficient (Wildman–Crippen LogP) is 3.74. The number of benzene rings is 2. The van der Waals surface area contributed by atoms with Gasteiger partial charge >= 0.3 is 0 Å². The highest BCUT2D eigenvalue weighted by Gasteiger charge is 1.91. The molecule has 0 atom stereocenters. The third-order valence-corrected chi connectivity index (χ3v) is 2.65. The van der Waals surface area contributed by atoms with Crippen LogP contribution in [0.1, 0.15) is 18.1 Å². The molecular formula is C16H18N2. The van der Waals surface area contributed by atoms with Crippen molar-refractivity contribution in [3.8, 4) is 0 Å². The quantitative estimate of drug-likeness (QED) is 0.788. The summed E-state index contributed by atoms with van der Waals surface area (Å²) < 4.78 is 0. The summed E-state index contributed by atoms with van der Waals surface area (Å²) in [6.45, 7) is 3.77. The lowest BCUT2D eigenvalue weighted by molar-refractivity contribution is 1.08. The Kier molecular flexibility index (Phi) is 4.53. The average Bonchev–Trinajstić information content (AvgIpc) is 2.42. The summed E-state index contributed by atoms with van der Waals surface area (Å²) in [7, 11) is 0. The zero-order chi connectivity index (χ0) is 12.6. The number of hydrogen-bond donors (Lipinski definition) is 1. The van der Waals surface area contributed by atoms with Gasteiger partial charge in [0.1, 0.15) is 0 Å². The summed E-state index contributed by atoms with van der Waals surface area (Å²) in [5, 5.41) is 3.27. The molecule has 0 amide bonds. The minimum atomic E-state index is 0.732. The fraction of sp³-hybridized carbons (Fsp3) is 0.188. The molecule has 2 aromatic rings. The van der Waals surface area contributed by atoms with Crippen molar-refractivity contribution in [1.29, 1.82) is 0 Å². The molecule has 0 spiro atoms. The second kappa shape index (κ2) is 6.60. The van der Waals surface area contributed by atoms with Crippen molar-refractivity contribution in [2.24, 2.45) is 4.99 Å². The lowest BCUT2D eigenvalue weighted by atomic mass is 10.2. The molecule has 18 heavy (non-hydrogen) atoms. The Hall–Kier alpha value is -2.09. The van der Waals surface area contributed by atoms with E-state index in [2.05, 4.69) is 53.6 Å². The molecule has 1 N–H and O–H groups in total. The molecule has 0 saturated carbocycles. The van der Waals surface area contributed by atoms with Crippen LogP contribution >= 0.6 is 0 Å². The number of anilines is 1. The Balaban J connectivity index is 1.93. The van der Waals surface area contributed by atoms with E-state index in [0.717, 1.165) is 24.3 Å². The van der Waals surface area contributed by atoms with Crippen molar-refractivity contribution < 1.29 is 0 Å². The largest absolute Gasteiger partial charge is 0.385 e. The van der Waals surface area contributed by atoms with Gasteiger partial charge in [0.2, 0.25) is 0 Å². The molecular weight excluding hydrogens is 220 g/mol. The first-order valence-corrected chi connectivity index (χ1v) is 6.26. The van der Waals surface area contributed by atoms with E-state index in [-0.39, 0.29) is 0 Å². The molecule has 2 rings (SSSR count). The van der Waals surface area contributed by atoms with E-state index in [4.69, 9.17) is 0 Å². The monoisotopic (exact) mass is 238 g/mol. The van der Waals surface area contributed by atoms with Gasteiger partial charge in [-0.25, -0.2) is 0 Å². The maximum Gasteiger partial charge on any atom is 0.0639 e. The van der Waals surface area contributed by atoms with E-state index in [1.807, 2.05) is 24.4 Å². The highest BCUT2D eigenvalue weighted by Crippen LogP contribution is 2.08. The third-order valence-electron chi connectivity index (χ3n) is 2.65. The Morgan fingerprint density at radius 2 is 1.72 bits per heavy atom. The van der Waals surface area contributed by atoms with Crippen LogP contribution < -0.4 is 5.32 Å². The molecule has 0 aliphatic heterocycles. The number of aliphatic imine (C=N–C) groups is 1. The van der Waals surface area contributed by atoms with Gasteiger partial charge in [-0.2, -0.15) is 0 Å². The van der Waals surface area contributed by atoms with Crippen LogP contribution in [-0.2, 0) is 6.54 Å². The van der Waals surface area contributed by atoms with Gasteiger partial charge in [0.05, 0.1) is 6.54 Å². The number of hydrogen-bond acceptors (Lipinski definition) is 2. The summed E-state index contributed by atoms with van der Waals surface area (Å²) in [6.07, 6.45) is 1.92. The van der Waals surface area contributed by atoms with Crippen LogP contribution in [0.3, 0.4) is 0 Å². The van der Waals surface area contributed by atoms with Gasteiger partial charge in [0.25, 0.3) is 0 Å². The molecule has 0 fully saturated rings. The van der Waals surface area contributed by atoms with E-state index < -0.39 is 0 Å². The molecule has 0 aromatic heterocycles. The van der Waals surface area contributed by atoms with Gasteiger partial charge in [-0.3, -0.25) is 4.99 Å². The molecule has 0 bridgehead atoms. The molecule has 0 unspecified atom stereocenters. The minimum absolute atomic E-state index is 0.732. The fourth-order valence-electron chi connectivity index (χ4n) is 1.73. The van der Waals surface area contributed by atoms with Crippen LogP contribution in [0.25, 0.3) is 0 Å². The van der Waals surface area contributed by atoms with Crippen LogP contribution in [0.15, 0.2) is 59.6 Å². The maximum absolute atomic E-state index is 4.44. The fourth-order valence-corrected chi connectivity index (χ4v) is 1.73. The van der Waals surface area contributed by atoms with Gasteiger partial charge in [0.15, 0.2) is 0 Å². The summed E-state index contributed by atoms with van der Waals surface area (Å²) in [6, 6.07) is 18.6. The zero-order valence-corrected chi connectivity index (χ0v) is 10.6. The van der Waals surface area contributed by atoms with Crippen LogP contribution in [-0.4, -0.2) is 12.8 Å². The highest BCUT2D eigenvalue weighted by molar-refractivity contribution is 5.80. The zero-order valence-electron chi connectivity index (χ0n) is 10.6. The molecule has 0 saturated heterocycles.